The van der Waals surface area contributed by atoms with Crippen molar-refractivity contribution >= 4 is 8.03 Å². The van der Waals surface area contributed by atoms with E-state index >= 15 is 0 Å². The van der Waals surface area contributed by atoms with E-state index in [1.165, 1.54) is 32.1 Å². The fourth-order valence-electron chi connectivity index (χ4n) is 2.01. The second-order valence-corrected chi connectivity index (χ2v) is 5.67. The SMILES string of the molecule is CO[PH](=O)C(C)C1CCCCC1. The van der Waals surface area contributed by atoms with Crippen molar-refractivity contribution in [1.29, 1.82) is 0 Å². The van der Waals surface area contributed by atoms with E-state index in [2.05, 4.69) is 6.92 Å². The molecule has 0 radical (unpaired) electrons. The van der Waals surface area contributed by atoms with Crippen LogP contribution in [-0.4, -0.2) is 12.8 Å². The highest BCUT2D eigenvalue weighted by atomic mass is 31.1. The maximum Gasteiger partial charge on any atom is 0.194 e. The van der Waals surface area contributed by atoms with Crippen LogP contribution in [0, 0.1) is 5.92 Å². The lowest BCUT2D eigenvalue weighted by atomic mass is 9.87. The quantitative estimate of drug-likeness (QED) is 0.639. The van der Waals surface area contributed by atoms with E-state index < -0.39 is 8.03 Å². The van der Waals surface area contributed by atoms with Gasteiger partial charge in [0.15, 0.2) is 8.03 Å². The largest absolute Gasteiger partial charge is 0.334 e. The van der Waals surface area contributed by atoms with Crippen molar-refractivity contribution < 1.29 is 9.09 Å². The smallest absolute Gasteiger partial charge is 0.194 e. The Labute approximate surface area is 75.6 Å². The fourth-order valence-corrected chi connectivity index (χ4v) is 3.10. The molecule has 0 saturated heterocycles. The van der Waals surface area contributed by atoms with Crippen LogP contribution < -0.4 is 0 Å². The minimum Gasteiger partial charge on any atom is -0.334 e. The number of rotatable bonds is 3. The van der Waals surface area contributed by atoms with Gasteiger partial charge in [-0.3, -0.25) is 4.57 Å². The van der Waals surface area contributed by atoms with Gasteiger partial charge in [0.1, 0.15) is 0 Å². The highest BCUT2D eigenvalue weighted by Gasteiger charge is 2.23. The number of hydrogen-bond acceptors (Lipinski definition) is 2. The van der Waals surface area contributed by atoms with Gasteiger partial charge < -0.3 is 4.52 Å². The molecule has 0 N–H and O–H groups in total. The minimum atomic E-state index is -1.76. The van der Waals surface area contributed by atoms with Gasteiger partial charge in [-0.2, -0.15) is 0 Å². The summed E-state index contributed by atoms with van der Waals surface area (Å²) >= 11 is 0. The van der Waals surface area contributed by atoms with Crippen molar-refractivity contribution in [2.24, 2.45) is 5.92 Å². The van der Waals surface area contributed by atoms with Gasteiger partial charge in [0.05, 0.1) is 0 Å². The molecule has 0 bridgehead atoms. The maximum absolute atomic E-state index is 11.4. The van der Waals surface area contributed by atoms with E-state index in [4.69, 9.17) is 4.52 Å². The Balaban J connectivity index is 2.39. The van der Waals surface area contributed by atoms with Crippen molar-refractivity contribution in [2.75, 3.05) is 7.11 Å². The predicted octanol–water partition coefficient (Wildman–Crippen LogP) is 3.08. The van der Waals surface area contributed by atoms with Crippen LogP contribution in [0.2, 0.25) is 0 Å². The molecule has 1 fully saturated rings. The Morgan fingerprint density at radius 3 is 2.42 bits per heavy atom. The molecule has 0 spiro atoms. The lowest BCUT2D eigenvalue weighted by Crippen LogP contribution is -2.17. The Bertz CT molecular complexity index is 153. The fraction of sp³-hybridized carbons (Fsp3) is 1.00. The molecule has 1 saturated carbocycles. The average Bonchev–Trinajstić information content (AvgIpc) is 2.17. The molecule has 0 aromatic rings. The summed E-state index contributed by atoms with van der Waals surface area (Å²) in [6.07, 6.45) is 6.49. The summed E-state index contributed by atoms with van der Waals surface area (Å²) in [6.45, 7) is 2.07. The molecule has 2 atom stereocenters. The molecule has 72 valence electrons. The van der Waals surface area contributed by atoms with Crippen LogP contribution in [0.5, 0.6) is 0 Å². The zero-order chi connectivity index (χ0) is 8.97. The lowest BCUT2D eigenvalue weighted by Gasteiger charge is -2.26. The third-order valence-corrected chi connectivity index (χ3v) is 4.55. The lowest BCUT2D eigenvalue weighted by molar-refractivity contribution is 0.327. The van der Waals surface area contributed by atoms with Crippen LogP contribution in [0.1, 0.15) is 39.0 Å². The third kappa shape index (κ3) is 2.60. The Morgan fingerprint density at radius 2 is 1.92 bits per heavy atom. The first-order valence-electron chi connectivity index (χ1n) is 4.83. The maximum atomic E-state index is 11.4. The van der Waals surface area contributed by atoms with Crippen LogP contribution in [0.4, 0.5) is 0 Å². The Morgan fingerprint density at radius 1 is 1.33 bits per heavy atom. The summed E-state index contributed by atoms with van der Waals surface area (Å²) in [5.74, 6) is 0.657. The van der Waals surface area contributed by atoms with E-state index in [1.54, 1.807) is 7.11 Å². The zero-order valence-electron chi connectivity index (χ0n) is 8.01. The first kappa shape index (κ1) is 10.3. The van der Waals surface area contributed by atoms with Crippen molar-refractivity contribution in [3.05, 3.63) is 0 Å². The Kier molecular flexibility index (Phi) is 4.31. The average molecular weight is 190 g/mol. The summed E-state index contributed by atoms with van der Waals surface area (Å²) in [5.41, 5.74) is 0.292. The monoisotopic (exact) mass is 190 g/mol. The minimum absolute atomic E-state index is 0.292. The van der Waals surface area contributed by atoms with Gasteiger partial charge in [-0.15, -0.1) is 0 Å². The second kappa shape index (κ2) is 5.04. The van der Waals surface area contributed by atoms with E-state index in [1.807, 2.05) is 0 Å². The van der Waals surface area contributed by atoms with Crippen LogP contribution in [-0.2, 0) is 9.09 Å². The summed E-state index contributed by atoms with van der Waals surface area (Å²) in [4.78, 5) is 0. The topological polar surface area (TPSA) is 26.3 Å². The van der Waals surface area contributed by atoms with Crippen molar-refractivity contribution in [1.82, 2.24) is 0 Å². The molecule has 3 heteroatoms. The molecule has 12 heavy (non-hydrogen) atoms. The summed E-state index contributed by atoms with van der Waals surface area (Å²) in [7, 11) is -0.199. The van der Waals surface area contributed by atoms with Gasteiger partial charge in [-0.1, -0.05) is 26.2 Å². The third-order valence-electron chi connectivity index (χ3n) is 2.93. The van der Waals surface area contributed by atoms with Gasteiger partial charge in [-0.25, -0.2) is 0 Å². The van der Waals surface area contributed by atoms with E-state index in [0.717, 1.165) is 0 Å². The molecular formula is C9H19O2P. The standard InChI is InChI=1S/C9H19O2P/c1-8(12(10)11-2)9-6-4-3-5-7-9/h8-9,12H,3-7H2,1-2H3. The molecule has 2 unspecified atom stereocenters. The van der Waals surface area contributed by atoms with Gasteiger partial charge in [0.25, 0.3) is 0 Å². The van der Waals surface area contributed by atoms with Crippen molar-refractivity contribution in [2.45, 2.75) is 44.7 Å². The first-order valence-corrected chi connectivity index (χ1v) is 6.23. The normalized spacial score (nSPS) is 25.2. The molecule has 0 heterocycles. The van der Waals surface area contributed by atoms with Crippen LogP contribution in [0.3, 0.4) is 0 Å². The second-order valence-electron chi connectivity index (χ2n) is 3.71. The van der Waals surface area contributed by atoms with Crippen LogP contribution >= 0.6 is 8.03 Å². The molecule has 1 rings (SSSR count). The van der Waals surface area contributed by atoms with E-state index in [-0.39, 0.29) is 0 Å². The number of hydrogen-bond donors (Lipinski definition) is 0. The molecule has 1 aliphatic rings. The zero-order valence-corrected chi connectivity index (χ0v) is 9.01. The van der Waals surface area contributed by atoms with E-state index in [9.17, 15) is 4.57 Å². The highest BCUT2D eigenvalue weighted by Crippen LogP contribution is 2.39. The summed E-state index contributed by atoms with van der Waals surface area (Å²) in [5, 5.41) is 0. The van der Waals surface area contributed by atoms with Gasteiger partial charge in [0.2, 0.25) is 0 Å². The first-order chi connectivity index (χ1) is 5.75. The van der Waals surface area contributed by atoms with Crippen LogP contribution in [0.15, 0.2) is 0 Å². The van der Waals surface area contributed by atoms with Crippen LogP contribution in [0.25, 0.3) is 0 Å². The highest BCUT2D eigenvalue weighted by molar-refractivity contribution is 7.40. The van der Waals surface area contributed by atoms with Crippen molar-refractivity contribution in [3.8, 4) is 0 Å². The molecule has 0 aromatic heterocycles. The molecule has 0 amide bonds. The van der Waals surface area contributed by atoms with Gasteiger partial charge >= 0.3 is 0 Å². The van der Waals surface area contributed by atoms with E-state index in [0.29, 0.717) is 11.6 Å². The molecular weight excluding hydrogens is 171 g/mol. The predicted molar refractivity (Wildman–Crippen MR) is 52.0 cm³/mol. The Hall–Kier alpha value is 0.190. The van der Waals surface area contributed by atoms with Gasteiger partial charge in [0, 0.05) is 12.8 Å². The molecule has 0 aliphatic heterocycles. The van der Waals surface area contributed by atoms with Crippen molar-refractivity contribution in [3.63, 3.8) is 0 Å². The summed E-state index contributed by atoms with van der Waals surface area (Å²) in [6, 6.07) is 0. The molecule has 2 nitrogen and oxygen atoms in total. The molecule has 1 aliphatic carbocycles. The van der Waals surface area contributed by atoms with Gasteiger partial charge in [-0.05, 0) is 18.8 Å². The summed E-state index contributed by atoms with van der Waals surface area (Å²) < 4.78 is 16.3. The molecule has 0 aromatic carbocycles.